The zero-order chi connectivity index (χ0) is 22.0. The Bertz CT molecular complexity index is 1250. The Kier molecular flexibility index (Phi) is 5.53. The van der Waals surface area contributed by atoms with Crippen LogP contribution in [-0.2, 0) is 6.54 Å². The smallest absolute Gasteiger partial charge is 0.272 e. The highest BCUT2D eigenvalue weighted by Gasteiger charge is 2.19. The third-order valence-corrected chi connectivity index (χ3v) is 4.95. The lowest BCUT2D eigenvalue weighted by Gasteiger charge is -2.18. The maximum Gasteiger partial charge on any atom is 0.272 e. The topological polar surface area (TPSA) is 91.3 Å². The number of halogens is 1. The number of aromatic hydroxyl groups is 1. The third-order valence-electron chi connectivity index (χ3n) is 4.95. The lowest BCUT2D eigenvalue weighted by atomic mass is 10.1. The van der Waals surface area contributed by atoms with Gasteiger partial charge in [-0.25, -0.2) is 4.39 Å². The first-order valence-electron chi connectivity index (χ1n) is 9.76. The molecule has 0 atom stereocenters. The number of ether oxygens (including phenoxy) is 1. The zero-order valence-corrected chi connectivity index (χ0v) is 17.1. The molecule has 0 aliphatic rings. The fourth-order valence-electron chi connectivity index (χ4n) is 3.43. The first-order chi connectivity index (χ1) is 15.0. The van der Waals surface area contributed by atoms with Crippen molar-refractivity contribution in [1.29, 1.82) is 0 Å². The number of fused-ring (bicyclic) bond motifs is 1. The number of pyridine rings is 1. The number of nitrogens with zero attached hydrogens (tertiary/aromatic N) is 3. The molecule has 0 radical (unpaired) electrons. The van der Waals surface area contributed by atoms with Gasteiger partial charge in [-0.2, -0.15) is 5.10 Å². The standard InChI is InChI=1S/C23H21FN4O3/c1-3-31-21-10-19(25-11-17(21)14-5-4-6-16(24)9-14)23(30)28(2)13-15-7-8-20(29)18-12-26-27-22(15)18/h4-12,29H,3,13H2,1-2H3,(H,26,27). The molecule has 2 heterocycles. The maximum absolute atomic E-state index is 13.7. The van der Waals surface area contributed by atoms with Gasteiger partial charge in [0.1, 0.15) is 23.0 Å². The van der Waals surface area contributed by atoms with Crippen LogP contribution in [0.2, 0.25) is 0 Å². The van der Waals surface area contributed by atoms with E-state index in [1.165, 1.54) is 29.4 Å². The lowest BCUT2D eigenvalue weighted by Crippen LogP contribution is -2.27. The summed E-state index contributed by atoms with van der Waals surface area (Å²) in [5, 5.41) is 17.3. The molecular formula is C23H21FN4O3. The molecule has 4 aromatic rings. The van der Waals surface area contributed by atoms with E-state index < -0.39 is 0 Å². The number of aromatic amines is 1. The summed E-state index contributed by atoms with van der Waals surface area (Å²) in [5.74, 6) is -0.0794. The molecule has 0 unspecified atom stereocenters. The van der Waals surface area contributed by atoms with Crippen LogP contribution in [0.5, 0.6) is 11.5 Å². The Morgan fingerprint density at radius 1 is 1.23 bits per heavy atom. The van der Waals surface area contributed by atoms with Gasteiger partial charge in [0.2, 0.25) is 0 Å². The summed E-state index contributed by atoms with van der Waals surface area (Å²) in [5.41, 5.74) is 2.92. The van der Waals surface area contributed by atoms with Crippen LogP contribution in [0.25, 0.3) is 22.0 Å². The number of phenolic OH excluding ortho intramolecular Hbond substituents is 1. The number of rotatable bonds is 6. The van der Waals surface area contributed by atoms with Crippen LogP contribution < -0.4 is 4.74 Å². The second kappa shape index (κ2) is 8.43. The number of carbonyl (C=O) groups excluding carboxylic acids is 1. The summed E-state index contributed by atoms with van der Waals surface area (Å²) in [4.78, 5) is 18.8. The van der Waals surface area contributed by atoms with Crippen LogP contribution >= 0.6 is 0 Å². The Morgan fingerprint density at radius 2 is 2.06 bits per heavy atom. The molecule has 158 valence electrons. The summed E-state index contributed by atoms with van der Waals surface area (Å²) in [6, 6.07) is 11.0. The van der Waals surface area contributed by atoms with Crippen LogP contribution in [0, 0.1) is 5.82 Å². The Hall–Kier alpha value is -3.94. The van der Waals surface area contributed by atoms with Crippen LogP contribution in [0.4, 0.5) is 4.39 Å². The normalized spacial score (nSPS) is 10.9. The van der Waals surface area contributed by atoms with E-state index in [9.17, 15) is 14.3 Å². The van der Waals surface area contributed by atoms with E-state index in [1.807, 2.05) is 6.92 Å². The maximum atomic E-state index is 13.7. The van der Waals surface area contributed by atoms with Crippen molar-refractivity contribution in [2.75, 3.05) is 13.7 Å². The highest BCUT2D eigenvalue weighted by atomic mass is 19.1. The van der Waals surface area contributed by atoms with E-state index in [1.54, 1.807) is 37.4 Å². The molecule has 8 heteroatoms. The second-order valence-corrected chi connectivity index (χ2v) is 7.07. The minimum Gasteiger partial charge on any atom is -0.507 e. The van der Waals surface area contributed by atoms with Crippen LogP contribution in [0.15, 0.2) is 54.9 Å². The van der Waals surface area contributed by atoms with Gasteiger partial charge in [-0.1, -0.05) is 18.2 Å². The van der Waals surface area contributed by atoms with Crippen molar-refractivity contribution in [2.45, 2.75) is 13.5 Å². The number of H-pyrrole nitrogens is 1. The van der Waals surface area contributed by atoms with Crippen LogP contribution in [0.1, 0.15) is 23.0 Å². The minimum absolute atomic E-state index is 0.123. The van der Waals surface area contributed by atoms with Gasteiger partial charge in [-0.15, -0.1) is 0 Å². The monoisotopic (exact) mass is 420 g/mol. The third kappa shape index (κ3) is 4.05. The molecular weight excluding hydrogens is 399 g/mol. The molecule has 7 nitrogen and oxygen atoms in total. The van der Waals surface area contributed by atoms with Crippen LogP contribution in [0.3, 0.4) is 0 Å². The van der Waals surface area contributed by atoms with Crippen molar-refractivity contribution in [3.05, 3.63) is 71.9 Å². The zero-order valence-electron chi connectivity index (χ0n) is 17.1. The molecule has 2 aromatic heterocycles. The van der Waals surface area contributed by atoms with E-state index in [0.29, 0.717) is 34.4 Å². The highest BCUT2D eigenvalue weighted by molar-refractivity contribution is 5.94. The van der Waals surface area contributed by atoms with Gasteiger partial charge in [-0.05, 0) is 36.2 Å². The van der Waals surface area contributed by atoms with Crippen molar-refractivity contribution in [2.24, 2.45) is 0 Å². The van der Waals surface area contributed by atoms with Crippen molar-refractivity contribution in [3.8, 4) is 22.6 Å². The molecule has 4 rings (SSSR count). The molecule has 0 fully saturated rings. The predicted molar refractivity (Wildman–Crippen MR) is 114 cm³/mol. The quantitative estimate of drug-likeness (QED) is 0.489. The summed E-state index contributed by atoms with van der Waals surface area (Å²) in [7, 11) is 1.67. The number of hydrogen-bond acceptors (Lipinski definition) is 5. The van der Waals surface area contributed by atoms with Crippen LogP contribution in [-0.4, -0.2) is 44.7 Å². The highest BCUT2D eigenvalue weighted by Crippen LogP contribution is 2.31. The van der Waals surface area contributed by atoms with Crippen molar-refractivity contribution < 1.29 is 19.0 Å². The number of carbonyl (C=O) groups is 1. The number of phenols is 1. The van der Waals surface area contributed by atoms with E-state index in [4.69, 9.17) is 4.74 Å². The summed E-state index contributed by atoms with van der Waals surface area (Å²) in [6.07, 6.45) is 3.06. The van der Waals surface area contributed by atoms with Gasteiger partial charge >= 0.3 is 0 Å². The summed E-state index contributed by atoms with van der Waals surface area (Å²) >= 11 is 0. The van der Waals surface area contributed by atoms with Crippen molar-refractivity contribution >= 4 is 16.8 Å². The molecule has 2 N–H and O–H groups in total. The average molecular weight is 420 g/mol. The van der Waals surface area contributed by atoms with Gasteiger partial charge in [0.15, 0.2) is 0 Å². The van der Waals surface area contributed by atoms with Gasteiger partial charge in [0.25, 0.3) is 5.91 Å². The largest absolute Gasteiger partial charge is 0.507 e. The lowest BCUT2D eigenvalue weighted by molar-refractivity contribution is 0.0779. The number of hydrogen-bond donors (Lipinski definition) is 2. The minimum atomic E-state index is -0.362. The molecule has 0 aliphatic carbocycles. The van der Waals surface area contributed by atoms with E-state index in [-0.39, 0.29) is 29.7 Å². The summed E-state index contributed by atoms with van der Waals surface area (Å²) in [6.45, 7) is 2.51. The number of benzene rings is 2. The van der Waals surface area contributed by atoms with E-state index in [0.717, 1.165) is 5.56 Å². The molecule has 1 amide bonds. The number of aromatic nitrogens is 3. The fraction of sp³-hybridized carbons (Fsp3) is 0.174. The molecule has 0 bridgehead atoms. The average Bonchev–Trinajstić information content (AvgIpc) is 3.26. The molecule has 0 aliphatic heterocycles. The first kappa shape index (κ1) is 20.3. The molecule has 2 aromatic carbocycles. The summed E-state index contributed by atoms with van der Waals surface area (Å²) < 4.78 is 19.4. The van der Waals surface area contributed by atoms with Gasteiger partial charge in [0.05, 0.1) is 23.7 Å². The molecule has 0 spiro atoms. The van der Waals surface area contributed by atoms with E-state index in [2.05, 4.69) is 15.2 Å². The Labute approximate surface area is 178 Å². The number of nitrogens with one attached hydrogen (secondary N) is 1. The Balaban J connectivity index is 1.62. The van der Waals surface area contributed by atoms with Crippen molar-refractivity contribution in [1.82, 2.24) is 20.1 Å². The second-order valence-electron chi connectivity index (χ2n) is 7.07. The number of amides is 1. The SMILES string of the molecule is CCOc1cc(C(=O)N(C)Cc2ccc(O)c3cn[nH]c23)ncc1-c1cccc(F)c1. The fourth-order valence-corrected chi connectivity index (χ4v) is 3.43. The molecule has 31 heavy (non-hydrogen) atoms. The van der Waals surface area contributed by atoms with E-state index >= 15 is 0 Å². The molecule has 0 saturated carbocycles. The Morgan fingerprint density at radius 3 is 2.84 bits per heavy atom. The van der Waals surface area contributed by atoms with Crippen molar-refractivity contribution in [3.63, 3.8) is 0 Å². The van der Waals surface area contributed by atoms with Gasteiger partial charge in [-0.3, -0.25) is 14.9 Å². The molecule has 0 saturated heterocycles. The van der Waals surface area contributed by atoms with Gasteiger partial charge < -0.3 is 14.7 Å². The first-order valence-corrected chi connectivity index (χ1v) is 9.76. The van der Waals surface area contributed by atoms with Gasteiger partial charge in [0, 0.05) is 31.4 Å². The predicted octanol–water partition coefficient (Wildman–Crippen LogP) is 4.14.